The lowest BCUT2D eigenvalue weighted by atomic mass is 10.1. The van der Waals surface area contributed by atoms with Crippen molar-refractivity contribution in [2.24, 2.45) is 11.7 Å². The summed E-state index contributed by atoms with van der Waals surface area (Å²) in [5.74, 6) is -2.38. The van der Waals surface area contributed by atoms with Crippen LogP contribution >= 0.6 is 12.2 Å². The number of hydrogen-bond acceptors (Lipinski definition) is 2. The van der Waals surface area contributed by atoms with Crippen molar-refractivity contribution in [1.82, 2.24) is 4.57 Å². The molecule has 0 aliphatic rings. The minimum atomic E-state index is -4.85. The molecule has 0 fully saturated rings. The zero-order valence-electron chi connectivity index (χ0n) is 9.63. The second-order valence-corrected chi connectivity index (χ2v) is 4.37. The minimum Gasteiger partial charge on any atom is -0.393 e. The van der Waals surface area contributed by atoms with Crippen LogP contribution in [0.5, 0.6) is 0 Å². The van der Waals surface area contributed by atoms with Crippen LogP contribution < -0.4 is 11.3 Å². The summed E-state index contributed by atoms with van der Waals surface area (Å²) in [4.78, 5) is 10.4. The number of thiocarbonyl (C=S) groups is 1. The summed E-state index contributed by atoms with van der Waals surface area (Å²) in [5, 5.41) is 0. The highest BCUT2D eigenvalue weighted by Gasteiger charge is 2.42. The van der Waals surface area contributed by atoms with Crippen molar-refractivity contribution >= 4 is 17.2 Å². The zero-order valence-corrected chi connectivity index (χ0v) is 10.4. The van der Waals surface area contributed by atoms with Crippen molar-refractivity contribution in [2.75, 3.05) is 0 Å². The van der Waals surface area contributed by atoms with Gasteiger partial charge >= 0.3 is 12.4 Å². The molecule has 0 spiro atoms. The first-order chi connectivity index (χ1) is 8.93. The van der Waals surface area contributed by atoms with E-state index in [1.807, 2.05) is 0 Å². The molecule has 0 saturated heterocycles. The highest BCUT2D eigenvalue weighted by atomic mass is 32.1. The number of halogens is 6. The molecule has 0 aliphatic carbocycles. The molecule has 10 heteroatoms. The van der Waals surface area contributed by atoms with E-state index in [0.717, 1.165) is 0 Å². The van der Waals surface area contributed by atoms with Crippen LogP contribution in [0.2, 0.25) is 0 Å². The van der Waals surface area contributed by atoms with Gasteiger partial charge in [0.2, 0.25) is 0 Å². The van der Waals surface area contributed by atoms with Crippen LogP contribution in [-0.2, 0) is 12.7 Å². The Morgan fingerprint density at radius 3 is 2.20 bits per heavy atom. The first kappa shape index (κ1) is 16.5. The molecule has 1 heterocycles. The lowest BCUT2D eigenvalue weighted by molar-refractivity contribution is -0.158. The van der Waals surface area contributed by atoms with Crippen molar-refractivity contribution in [3.8, 4) is 0 Å². The van der Waals surface area contributed by atoms with Crippen molar-refractivity contribution in [1.29, 1.82) is 0 Å². The largest absolute Gasteiger partial charge is 0.417 e. The van der Waals surface area contributed by atoms with E-state index < -0.39 is 40.9 Å². The van der Waals surface area contributed by atoms with Crippen molar-refractivity contribution in [2.45, 2.75) is 18.9 Å². The molecule has 112 valence electrons. The van der Waals surface area contributed by atoms with Gasteiger partial charge in [-0.3, -0.25) is 4.79 Å². The van der Waals surface area contributed by atoms with Gasteiger partial charge < -0.3 is 10.3 Å². The summed E-state index contributed by atoms with van der Waals surface area (Å²) >= 11 is 4.23. The van der Waals surface area contributed by atoms with E-state index in [2.05, 4.69) is 12.2 Å². The molecule has 1 atom stereocenters. The van der Waals surface area contributed by atoms with Gasteiger partial charge in [-0.05, 0) is 6.07 Å². The summed E-state index contributed by atoms with van der Waals surface area (Å²) in [5.41, 5.74) is 2.67. The van der Waals surface area contributed by atoms with Gasteiger partial charge in [-0.2, -0.15) is 26.3 Å². The van der Waals surface area contributed by atoms with Gasteiger partial charge in [0.15, 0.2) is 0 Å². The van der Waals surface area contributed by atoms with Gasteiger partial charge in [-0.15, -0.1) is 0 Å². The Labute approximate surface area is 114 Å². The van der Waals surface area contributed by atoms with Crippen molar-refractivity contribution < 1.29 is 26.3 Å². The number of nitrogens with zero attached hydrogens (tertiary/aromatic N) is 1. The van der Waals surface area contributed by atoms with E-state index in [1.54, 1.807) is 0 Å². The van der Waals surface area contributed by atoms with E-state index in [0.29, 0.717) is 22.9 Å². The molecule has 0 bridgehead atoms. The number of pyridine rings is 1. The standard InChI is InChI=1S/C10H8F6N2OS/c11-9(12,13)5-1-2-7(19)18(3-5)4-6(8(17)20)10(14,15)16/h1-3,6H,4H2,(H2,17,20). The fourth-order valence-corrected chi connectivity index (χ4v) is 1.60. The average molecular weight is 318 g/mol. The molecule has 2 N–H and O–H groups in total. The molecule has 0 saturated carbocycles. The Morgan fingerprint density at radius 1 is 1.25 bits per heavy atom. The third-order valence-electron chi connectivity index (χ3n) is 2.43. The third-order valence-corrected chi connectivity index (χ3v) is 2.71. The molecule has 0 aromatic carbocycles. The summed E-state index contributed by atoms with van der Waals surface area (Å²) in [6.07, 6.45) is -9.31. The summed E-state index contributed by atoms with van der Waals surface area (Å²) in [6, 6.07) is 1.03. The predicted molar refractivity (Wildman–Crippen MR) is 62.0 cm³/mol. The van der Waals surface area contributed by atoms with E-state index >= 15 is 0 Å². The smallest absolute Gasteiger partial charge is 0.393 e. The van der Waals surface area contributed by atoms with E-state index in [-0.39, 0.29) is 0 Å². The maximum Gasteiger partial charge on any atom is 0.417 e. The predicted octanol–water partition coefficient (Wildman–Crippen LogP) is 2.33. The van der Waals surface area contributed by atoms with Crippen LogP contribution in [0, 0.1) is 5.92 Å². The van der Waals surface area contributed by atoms with Crippen molar-refractivity contribution in [3.05, 3.63) is 34.2 Å². The molecule has 0 aliphatic heterocycles. The zero-order chi connectivity index (χ0) is 15.7. The summed E-state index contributed by atoms with van der Waals surface area (Å²) in [6.45, 7) is -1.10. The van der Waals surface area contributed by atoms with E-state index in [4.69, 9.17) is 5.73 Å². The maximum atomic E-state index is 12.6. The minimum absolute atomic E-state index is 0.292. The highest BCUT2D eigenvalue weighted by Crippen LogP contribution is 2.30. The maximum absolute atomic E-state index is 12.6. The monoisotopic (exact) mass is 318 g/mol. The number of aromatic nitrogens is 1. The number of hydrogen-bond donors (Lipinski definition) is 1. The third kappa shape index (κ3) is 3.95. The lowest BCUT2D eigenvalue weighted by Crippen LogP contribution is -2.39. The van der Waals surface area contributed by atoms with Gasteiger partial charge in [0.25, 0.3) is 5.56 Å². The normalized spacial score (nSPS) is 14.1. The molecule has 0 amide bonds. The van der Waals surface area contributed by atoms with Gasteiger partial charge in [0.05, 0.1) is 10.6 Å². The molecule has 20 heavy (non-hydrogen) atoms. The number of rotatable bonds is 3. The molecule has 1 unspecified atom stereocenters. The Balaban J connectivity index is 3.20. The molecular weight excluding hydrogens is 310 g/mol. The van der Waals surface area contributed by atoms with Crippen LogP contribution in [0.4, 0.5) is 26.3 Å². The first-order valence-electron chi connectivity index (χ1n) is 5.06. The van der Waals surface area contributed by atoms with E-state index in [9.17, 15) is 31.1 Å². The fraction of sp³-hybridized carbons (Fsp3) is 0.400. The number of nitrogens with two attached hydrogens (primary N) is 1. The molecule has 1 rings (SSSR count). The summed E-state index contributed by atoms with van der Waals surface area (Å²) in [7, 11) is 0. The molecule has 0 radical (unpaired) electrons. The Hall–Kier alpha value is -1.58. The molecular formula is C10H8F6N2OS. The van der Waals surface area contributed by atoms with Crippen LogP contribution in [0.3, 0.4) is 0 Å². The topological polar surface area (TPSA) is 48.0 Å². The molecule has 1 aromatic heterocycles. The first-order valence-corrected chi connectivity index (χ1v) is 5.47. The second kappa shape index (κ2) is 5.43. The second-order valence-electron chi connectivity index (χ2n) is 3.90. The van der Waals surface area contributed by atoms with Crippen LogP contribution in [0.1, 0.15) is 5.56 Å². The van der Waals surface area contributed by atoms with Crippen molar-refractivity contribution in [3.63, 3.8) is 0 Å². The highest BCUT2D eigenvalue weighted by molar-refractivity contribution is 7.80. The quantitative estimate of drug-likeness (QED) is 0.687. The van der Waals surface area contributed by atoms with Crippen LogP contribution in [-0.4, -0.2) is 15.7 Å². The average Bonchev–Trinajstić information content (AvgIpc) is 2.23. The van der Waals surface area contributed by atoms with Gasteiger partial charge in [-0.25, -0.2) is 0 Å². The fourth-order valence-electron chi connectivity index (χ4n) is 1.39. The van der Waals surface area contributed by atoms with Crippen LogP contribution in [0.15, 0.2) is 23.1 Å². The lowest BCUT2D eigenvalue weighted by Gasteiger charge is -2.20. The van der Waals surface area contributed by atoms with Crippen LogP contribution in [0.25, 0.3) is 0 Å². The molecule has 1 aromatic rings. The van der Waals surface area contributed by atoms with E-state index in [1.165, 1.54) is 0 Å². The number of alkyl halides is 6. The van der Waals surface area contributed by atoms with Gasteiger partial charge in [0, 0.05) is 18.8 Å². The molecule has 3 nitrogen and oxygen atoms in total. The SMILES string of the molecule is NC(=S)C(Cn1cc(C(F)(F)F)ccc1=O)C(F)(F)F. The summed E-state index contributed by atoms with van der Waals surface area (Å²) < 4.78 is 75.5. The van der Waals surface area contributed by atoms with Gasteiger partial charge in [0.1, 0.15) is 5.92 Å². The Bertz CT molecular complexity index is 562. The Kier molecular flexibility index (Phi) is 4.47. The Morgan fingerprint density at radius 2 is 1.80 bits per heavy atom. The van der Waals surface area contributed by atoms with Gasteiger partial charge in [-0.1, -0.05) is 12.2 Å².